The van der Waals surface area contributed by atoms with Crippen molar-refractivity contribution < 1.29 is 9.53 Å². The first kappa shape index (κ1) is 14.0. The molecule has 0 aliphatic carbocycles. The van der Waals surface area contributed by atoms with Gasteiger partial charge in [-0.1, -0.05) is 66.2 Å². The number of halogens is 1. The van der Waals surface area contributed by atoms with Gasteiger partial charge in [0.1, 0.15) is 6.61 Å². The minimum absolute atomic E-state index is 0.0359. The fourth-order valence-electron chi connectivity index (χ4n) is 1.11. The van der Waals surface area contributed by atoms with Gasteiger partial charge in [-0.3, -0.25) is 0 Å². The second kappa shape index (κ2) is 6.60. The average Bonchev–Trinajstić information content (AvgIpc) is 2.35. The molecule has 0 amide bonds. The van der Waals surface area contributed by atoms with Crippen LogP contribution in [0.25, 0.3) is 0 Å². The second-order valence-corrected chi connectivity index (χ2v) is 5.11. The molecule has 0 aliphatic heterocycles. The van der Waals surface area contributed by atoms with Crippen LogP contribution in [0.2, 0.25) is 0 Å². The molecule has 1 aromatic carbocycles. The molecule has 0 saturated carbocycles. The zero-order chi connectivity index (χ0) is 12.7. The Morgan fingerprint density at radius 3 is 2.59 bits per heavy atom. The molecule has 0 spiro atoms. The molecule has 2 nitrogen and oxygen atoms in total. The summed E-state index contributed by atoms with van der Waals surface area (Å²) < 4.78 is 5.13. The van der Waals surface area contributed by atoms with Gasteiger partial charge in [-0.05, 0) is 11.0 Å². The second-order valence-electron chi connectivity index (χ2n) is 4.55. The van der Waals surface area contributed by atoms with Crippen molar-refractivity contribution in [3.63, 3.8) is 0 Å². The van der Waals surface area contributed by atoms with Crippen LogP contribution < -0.4 is 0 Å². The zero-order valence-electron chi connectivity index (χ0n) is 10.2. The normalized spacial score (nSPS) is 11.7. The van der Waals surface area contributed by atoms with Crippen LogP contribution in [0.5, 0.6) is 0 Å². The highest BCUT2D eigenvalue weighted by Crippen LogP contribution is 2.19. The number of rotatable bonds is 5. The number of esters is 1. The summed E-state index contributed by atoms with van der Waals surface area (Å²) in [5.41, 5.74) is 0.959. The first-order chi connectivity index (χ1) is 8.03. The molecule has 0 heterocycles. The number of ether oxygens (including phenoxy) is 1. The number of alkyl halides is 1. The Hall–Kier alpha value is -1.09. The molecule has 0 atom stereocenters. The quantitative estimate of drug-likeness (QED) is 0.470. The molecule has 0 aliphatic rings. The SMILES string of the molecule is CC(C)(/C=C/C(=O)OCc1ccccc1)CBr. The van der Waals surface area contributed by atoms with Crippen LogP contribution in [0.15, 0.2) is 42.5 Å². The Balaban J connectivity index is 2.41. The molecule has 0 fully saturated rings. The first-order valence-corrected chi connectivity index (χ1v) is 6.61. The molecule has 1 rings (SSSR count). The smallest absolute Gasteiger partial charge is 0.330 e. The van der Waals surface area contributed by atoms with Gasteiger partial charge in [-0.15, -0.1) is 0 Å². The van der Waals surface area contributed by atoms with Crippen molar-refractivity contribution >= 4 is 21.9 Å². The highest BCUT2D eigenvalue weighted by Gasteiger charge is 2.11. The Morgan fingerprint density at radius 2 is 2.00 bits per heavy atom. The van der Waals surface area contributed by atoms with Gasteiger partial charge >= 0.3 is 5.97 Å². The van der Waals surface area contributed by atoms with Crippen LogP contribution in [-0.2, 0) is 16.1 Å². The summed E-state index contributed by atoms with van der Waals surface area (Å²) in [5.74, 6) is -0.303. The Kier molecular flexibility index (Phi) is 5.42. The monoisotopic (exact) mass is 296 g/mol. The maximum atomic E-state index is 11.5. The van der Waals surface area contributed by atoms with E-state index in [1.165, 1.54) is 6.08 Å². The molecule has 1 aromatic rings. The van der Waals surface area contributed by atoms with E-state index in [1.54, 1.807) is 0 Å². The summed E-state index contributed by atoms with van der Waals surface area (Å²) in [4.78, 5) is 11.5. The number of hydrogen-bond donors (Lipinski definition) is 0. The molecule has 0 saturated heterocycles. The third-order valence-electron chi connectivity index (χ3n) is 2.24. The van der Waals surface area contributed by atoms with Crippen LogP contribution >= 0.6 is 15.9 Å². The molecule has 0 unspecified atom stereocenters. The Bertz CT molecular complexity index is 382. The number of carbonyl (C=O) groups excluding carboxylic acids is 1. The maximum absolute atomic E-state index is 11.5. The van der Waals surface area contributed by atoms with Crippen molar-refractivity contribution in [3.05, 3.63) is 48.0 Å². The lowest BCUT2D eigenvalue weighted by Crippen LogP contribution is -2.10. The van der Waals surface area contributed by atoms with Gasteiger partial charge < -0.3 is 4.74 Å². The van der Waals surface area contributed by atoms with Crippen LogP contribution in [0.1, 0.15) is 19.4 Å². The van der Waals surface area contributed by atoms with E-state index in [4.69, 9.17) is 4.74 Å². The lowest BCUT2D eigenvalue weighted by Gasteiger charge is -2.15. The van der Waals surface area contributed by atoms with E-state index < -0.39 is 0 Å². The molecule has 3 heteroatoms. The van der Waals surface area contributed by atoms with Gasteiger partial charge in [0, 0.05) is 11.4 Å². The van der Waals surface area contributed by atoms with E-state index in [-0.39, 0.29) is 11.4 Å². The third kappa shape index (κ3) is 5.68. The van der Waals surface area contributed by atoms with Crippen molar-refractivity contribution in [1.82, 2.24) is 0 Å². The molecule has 0 radical (unpaired) electrons. The zero-order valence-corrected chi connectivity index (χ0v) is 11.7. The topological polar surface area (TPSA) is 26.3 Å². The van der Waals surface area contributed by atoms with E-state index >= 15 is 0 Å². The molecule has 0 bridgehead atoms. The summed E-state index contributed by atoms with van der Waals surface area (Å²) in [5, 5.41) is 0.808. The van der Waals surface area contributed by atoms with Gasteiger partial charge in [-0.25, -0.2) is 4.79 Å². The third-order valence-corrected chi connectivity index (χ3v) is 3.68. The summed E-state index contributed by atoms with van der Waals surface area (Å²) in [6.07, 6.45) is 3.35. The lowest BCUT2D eigenvalue weighted by atomic mass is 9.96. The molecule has 0 aromatic heterocycles. The van der Waals surface area contributed by atoms with Crippen molar-refractivity contribution in [2.45, 2.75) is 20.5 Å². The summed E-state index contributed by atoms with van der Waals surface area (Å²) in [6, 6.07) is 9.64. The Labute approximate surface area is 111 Å². The number of carbonyl (C=O) groups is 1. The van der Waals surface area contributed by atoms with Crippen LogP contribution in [0.4, 0.5) is 0 Å². The van der Waals surface area contributed by atoms with E-state index in [2.05, 4.69) is 15.9 Å². The average molecular weight is 297 g/mol. The first-order valence-electron chi connectivity index (χ1n) is 5.49. The molecule has 0 N–H and O–H groups in total. The van der Waals surface area contributed by atoms with E-state index in [0.717, 1.165) is 10.9 Å². The minimum atomic E-state index is -0.303. The standard InChI is InChI=1S/C14H17BrO2/c1-14(2,11-15)9-8-13(16)17-10-12-6-4-3-5-7-12/h3-9H,10-11H2,1-2H3/b9-8+. The highest BCUT2D eigenvalue weighted by molar-refractivity contribution is 9.09. The van der Waals surface area contributed by atoms with Crippen LogP contribution in [0.3, 0.4) is 0 Å². The van der Waals surface area contributed by atoms with E-state index in [0.29, 0.717) is 6.61 Å². The van der Waals surface area contributed by atoms with Gasteiger partial charge in [0.2, 0.25) is 0 Å². The highest BCUT2D eigenvalue weighted by atomic mass is 79.9. The molecular weight excluding hydrogens is 280 g/mol. The van der Waals surface area contributed by atoms with Crippen molar-refractivity contribution in [2.24, 2.45) is 5.41 Å². The Morgan fingerprint density at radius 1 is 1.35 bits per heavy atom. The van der Waals surface area contributed by atoms with E-state index in [1.807, 2.05) is 50.3 Å². The molecular formula is C14H17BrO2. The summed E-state index contributed by atoms with van der Waals surface area (Å²) in [6.45, 7) is 4.41. The van der Waals surface area contributed by atoms with Crippen molar-refractivity contribution in [3.8, 4) is 0 Å². The van der Waals surface area contributed by atoms with Crippen LogP contribution in [0, 0.1) is 5.41 Å². The van der Waals surface area contributed by atoms with Crippen molar-refractivity contribution in [1.29, 1.82) is 0 Å². The lowest BCUT2D eigenvalue weighted by molar-refractivity contribution is -0.139. The predicted octanol–water partition coefficient (Wildman–Crippen LogP) is 3.71. The largest absolute Gasteiger partial charge is 0.458 e. The predicted molar refractivity (Wildman–Crippen MR) is 73.0 cm³/mol. The summed E-state index contributed by atoms with van der Waals surface area (Å²) in [7, 11) is 0. The molecule has 17 heavy (non-hydrogen) atoms. The van der Waals surface area contributed by atoms with Gasteiger partial charge in [-0.2, -0.15) is 0 Å². The van der Waals surface area contributed by atoms with E-state index in [9.17, 15) is 4.79 Å². The van der Waals surface area contributed by atoms with Crippen LogP contribution in [-0.4, -0.2) is 11.3 Å². The van der Waals surface area contributed by atoms with Gasteiger partial charge in [0.25, 0.3) is 0 Å². The van der Waals surface area contributed by atoms with Crippen molar-refractivity contribution in [2.75, 3.05) is 5.33 Å². The fourth-order valence-corrected chi connectivity index (χ4v) is 1.30. The summed E-state index contributed by atoms with van der Waals surface area (Å²) >= 11 is 3.39. The maximum Gasteiger partial charge on any atom is 0.330 e. The number of benzene rings is 1. The van der Waals surface area contributed by atoms with Gasteiger partial charge in [0.15, 0.2) is 0 Å². The van der Waals surface area contributed by atoms with Gasteiger partial charge in [0.05, 0.1) is 0 Å². The molecule has 92 valence electrons. The fraction of sp³-hybridized carbons (Fsp3) is 0.357. The number of allylic oxidation sites excluding steroid dienone is 1. The minimum Gasteiger partial charge on any atom is -0.458 e. The number of hydrogen-bond acceptors (Lipinski definition) is 2.